The maximum absolute atomic E-state index is 11.9. The number of carbonyl (C=O) groups excluding carboxylic acids is 1. The highest BCUT2D eigenvalue weighted by molar-refractivity contribution is 5.69. The number of ether oxygens (including phenoxy) is 1. The van der Waals surface area contributed by atoms with E-state index in [1.54, 1.807) is 12.2 Å². The van der Waals surface area contributed by atoms with Crippen molar-refractivity contribution in [1.29, 1.82) is 5.26 Å². The molecule has 0 spiro atoms. The largest absolute Gasteiger partial charge is 0.444 e. The highest BCUT2D eigenvalue weighted by Crippen LogP contribution is 2.37. The van der Waals surface area contributed by atoms with Crippen molar-refractivity contribution in [1.82, 2.24) is 5.32 Å². The Morgan fingerprint density at radius 1 is 1.48 bits per heavy atom. The summed E-state index contributed by atoms with van der Waals surface area (Å²) in [6.07, 6.45) is 8.61. The van der Waals surface area contributed by atoms with E-state index < -0.39 is 5.60 Å². The van der Waals surface area contributed by atoms with Crippen molar-refractivity contribution in [2.45, 2.75) is 70.4 Å². The molecule has 0 aromatic heterocycles. The third kappa shape index (κ3) is 6.03. The summed E-state index contributed by atoms with van der Waals surface area (Å²) in [7, 11) is 0. The van der Waals surface area contributed by atoms with Crippen molar-refractivity contribution >= 4 is 6.09 Å². The van der Waals surface area contributed by atoms with E-state index in [1.807, 2.05) is 20.8 Å². The van der Waals surface area contributed by atoms with E-state index in [2.05, 4.69) is 18.0 Å². The average Bonchev–Trinajstić information content (AvgIpc) is 2.32. The molecule has 0 aliphatic heterocycles. The lowest BCUT2D eigenvalue weighted by atomic mass is 9.73. The number of hydrogen-bond acceptors (Lipinski definition) is 3. The van der Waals surface area contributed by atoms with E-state index in [4.69, 9.17) is 10.00 Å². The summed E-state index contributed by atoms with van der Waals surface area (Å²) < 4.78 is 5.33. The molecule has 0 radical (unpaired) electrons. The fourth-order valence-electron chi connectivity index (χ4n) is 2.50. The molecule has 1 saturated carbocycles. The lowest BCUT2D eigenvalue weighted by molar-refractivity contribution is 0.0368. The molecule has 0 heterocycles. The quantitative estimate of drug-likeness (QED) is 0.588. The zero-order valence-electron chi connectivity index (χ0n) is 13.4. The third-order valence-electron chi connectivity index (χ3n) is 3.64. The van der Waals surface area contributed by atoms with Gasteiger partial charge in [0.25, 0.3) is 0 Å². The standard InChI is InChI=1S/C17H26N2O2/c1-5-8-14(13-18)9-6-10-17(11-7-12-17)19-15(20)21-16(2,3)4/h5,8H,1,6-7,9-12H2,2-4H3,(H,19,20)/b14-8+. The minimum absolute atomic E-state index is 0.142. The second-order valence-corrected chi connectivity index (χ2v) is 6.65. The van der Waals surface area contributed by atoms with Crippen LogP contribution in [0.25, 0.3) is 0 Å². The smallest absolute Gasteiger partial charge is 0.408 e. The molecule has 116 valence electrons. The van der Waals surface area contributed by atoms with Crippen LogP contribution in [0.3, 0.4) is 0 Å². The van der Waals surface area contributed by atoms with Crippen molar-refractivity contribution in [3.8, 4) is 6.07 Å². The summed E-state index contributed by atoms with van der Waals surface area (Å²) in [5.74, 6) is 0. The first-order valence-corrected chi connectivity index (χ1v) is 7.53. The Balaban J connectivity index is 2.47. The Bertz CT molecular complexity index is 448. The van der Waals surface area contributed by atoms with Gasteiger partial charge in [0.2, 0.25) is 0 Å². The second-order valence-electron chi connectivity index (χ2n) is 6.65. The fourth-order valence-corrected chi connectivity index (χ4v) is 2.50. The molecule has 21 heavy (non-hydrogen) atoms. The molecule has 1 aliphatic carbocycles. The van der Waals surface area contributed by atoms with Crippen molar-refractivity contribution in [3.05, 3.63) is 24.3 Å². The average molecular weight is 290 g/mol. The number of alkyl carbamates (subject to hydrolysis) is 1. The number of allylic oxidation sites excluding steroid dienone is 3. The fraction of sp³-hybridized carbons (Fsp3) is 0.647. The molecule has 1 rings (SSSR count). The number of carbonyl (C=O) groups is 1. The van der Waals surface area contributed by atoms with Crippen LogP contribution in [0.15, 0.2) is 24.3 Å². The summed E-state index contributed by atoms with van der Waals surface area (Å²) >= 11 is 0. The Kier molecular flexibility index (Phi) is 6.02. The van der Waals surface area contributed by atoms with Crippen LogP contribution in [0.5, 0.6) is 0 Å². The number of hydrogen-bond donors (Lipinski definition) is 1. The number of nitrogens with zero attached hydrogens (tertiary/aromatic N) is 1. The molecule has 0 aromatic rings. The Morgan fingerprint density at radius 2 is 2.14 bits per heavy atom. The molecule has 0 unspecified atom stereocenters. The topological polar surface area (TPSA) is 62.1 Å². The first-order valence-electron chi connectivity index (χ1n) is 7.53. The van der Waals surface area contributed by atoms with Gasteiger partial charge in [-0.25, -0.2) is 4.79 Å². The minimum atomic E-state index is -0.476. The number of nitriles is 1. The van der Waals surface area contributed by atoms with Crippen LogP contribution in [0.4, 0.5) is 4.79 Å². The second kappa shape index (κ2) is 7.31. The highest BCUT2D eigenvalue weighted by atomic mass is 16.6. The minimum Gasteiger partial charge on any atom is -0.444 e. The lowest BCUT2D eigenvalue weighted by Gasteiger charge is -2.43. The Morgan fingerprint density at radius 3 is 2.57 bits per heavy atom. The maximum Gasteiger partial charge on any atom is 0.408 e. The molecule has 1 fully saturated rings. The first kappa shape index (κ1) is 17.3. The van der Waals surface area contributed by atoms with E-state index in [9.17, 15) is 4.79 Å². The predicted molar refractivity (Wildman–Crippen MR) is 83.7 cm³/mol. The normalized spacial score (nSPS) is 17.3. The van der Waals surface area contributed by atoms with Gasteiger partial charge in [0.05, 0.1) is 6.07 Å². The number of rotatable bonds is 6. The molecule has 4 heteroatoms. The van der Waals surface area contributed by atoms with Gasteiger partial charge in [0, 0.05) is 11.1 Å². The molecule has 0 atom stereocenters. The van der Waals surface area contributed by atoms with Gasteiger partial charge in [-0.1, -0.05) is 12.7 Å². The summed E-state index contributed by atoms with van der Waals surface area (Å²) in [6, 6.07) is 2.17. The van der Waals surface area contributed by atoms with Crippen LogP contribution in [0, 0.1) is 11.3 Å². The van der Waals surface area contributed by atoms with Crippen LogP contribution in [-0.2, 0) is 4.74 Å². The van der Waals surface area contributed by atoms with Crippen molar-refractivity contribution < 1.29 is 9.53 Å². The van der Waals surface area contributed by atoms with Crippen molar-refractivity contribution in [2.75, 3.05) is 0 Å². The van der Waals surface area contributed by atoms with Gasteiger partial charge in [-0.3, -0.25) is 0 Å². The van der Waals surface area contributed by atoms with E-state index in [0.717, 1.165) is 44.1 Å². The van der Waals surface area contributed by atoms with Gasteiger partial charge in [-0.15, -0.1) is 0 Å². The molecule has 0 bridgehead atoms. The van der Waals surface area contributed by atoms with Crippen LogP contribution in [0.1, 0.15) is 59.3 Å². The molecule has 0 saturated heterocycles. The highest BCUT2D eigenvalue weighted by Gasteiger charge is 2.38. The van der Waals surface area contributed by atoms with E-state index in [0.29, 0.717) is 0 Å². The maximum atomic E-state index is 11.9. The Hall–Kier alpha value is -1.76. The van der Waals surface area contributed by atoms with Gasteiger partial charge < -0.3 is 10.1 Å². The number of amides is 1. The predicted octanol–water partition coefficient (Wildman–Crippen LogP) is 4.24. The molecule has 0 aromatic carbocycles. The zero-order valence-corrected chi connectivity index (χ0v) is 13.4. The molecule has 1 aliphatic rings. The van der Waals surface area contributed by atoms with Gasteiger partial charge in [0.15, 0.2) is 0 Å². The first-order chi connectivity index (χ1) is 9.80. The summed E-state index contributed by atoms with van der Waals surface area (Å²) in [6.45, 7) is 9.19. The summed E-state index contributed by atoms with van der Waals surface area (Å²) in [5, 5.41) is 12.0. The SMILES string of the molecule is C=C/C=C(/C#N)CCCC1(NC(=O)OC(C)(C)C)CCC1. The molecule has 4 nitrogen and oxygen atoms in total. The van der Waals surface area contributed by atoms with Crippen LogP contribution in [0.2, 0.25) is 0 Å². The van der Waals surface area contributed by atoms with Crippen LogP contribution in [-0.4, -0.2) is 17.2 Å². The summed E-state index contributed by atoms with van der Waals surface area (Å²) in [4.78, 5) is 11.9. The molecular weight excluding hydrogens is 264 g/mol. The van der Waals surface area contributed by atoms with Crippen molar-refractivity contribution in [3.63, 3.8) is 0 Å². The molecular formula is C17H26N2O2. The van der Waals surface area contributed by atoms with Gasteiger partial charge >= 0.3 is 6.09 Å². The molecule has 1 N–H and O–H groups in total. The van der Waals surface area contributed by atoms with Gasteiger partial charge in [-0.05, 0) is 65.4 Å². The zero-order chi connectivity index (χ0) is 15.9. The number of nitrogens with one attached hydrogen (secondary N) is 1. The van der Waals surface area contributed by atoms with E-state index >= 15 is 0 Å². The van der Waals surface area contributed by atoms with Crippen LogP contribution >= 0.6 is 0 Å². The lowest BCUT2D eigenvalue weighted by Crippen LogP contribution is -2.54. The van der Waals surface area contributed by atoms with E-state index in [-0.39, 0.29) is 11.6 Å². The van der Waals surface area contributed by atoms with Gasteiger partial charge in [0.1, 0.15) is 5.60 Å². The van der Waals surface area contributed by atoms with Crippen LogP contribution < -0.4 is 5.32 Å². The van der Waals surface area contributed by atoms with Crippen molar-refractivity contribution in [2.24, 2.45) is 0 Å². The summed E-state index contributed by atoms with van der Waals surface area (Å²) in [5.41, 5.74) is 0.115. The monoisotopic (exact) mass is 290 g/mol. The Labute approximate surface area is 127 Å². The van der Waals surface area contributed by atoms with Gasteiger partial charge in [-0.2, -0.15) is 5.26 Å². The van der Waals surface area contributed by atoms with E-state index in [1.165, 1.54) is 0 Å². The third-order valence-corrected chi connectivity index (χ3v) is 3.64. The molecule has 1 amide bonds.